The molecule has 2 heterocycles. The molecule has 0 aliphatic carbocycles. The quantitative estimate of drug-likeness (QED) is 0.193. The van der Waals surface area contributed by atoms with E-state index in [1.54, 1.807) is 0 Å². The molecule has 0 aliphatic heterocycles. The summed E-state index contributed by atoms with van der Waals surface area (Å²) in [5, 5.41) is 34.2. The normalized spacial score (nSPS) is 11.1. The molecule has 5 nitrogen and oxygen atoms in total. The SMILES string of the molecule is N#Cc1ccc2c(c1)c1c(C#N)cccc1n2-c1ccccc1-c1cccc(-c2ccc(-n3c4ccccc4c4ccccc43)c(C#N)c2)c1. The van der Waals surface area contributed by atoms with Gasteiger partial charge in [-0.2, -0.15) is 15.8 Å². The number of nitrogens with zero attached hydrogens (tertiary/aromatic N) is 5. The Bertz CT molecular complexity index is 2920. The summed E-state index contributed by atoms with van der Waals surface area (Å²) in [6, 6.07) is 57.9. The maximum Gasteiger partial charge on any atom is 0.101 e. The van der Waals surface area contributed by atoms with Crippen molar-refractivity contribution in [3.63, 3.8) is 0 Å². The molecule has 0 unspecified atom stereocenters. The number of rotatable bonds is 4. The number of hydrogen-bond acceptors (Lipinski definition) is 3. The highest BCUT2D eigenvalue weighted by atomic mass is 15.0. The van der Waals surface area contributed by atoms with Crippen LogP contribution < -0.4 is 0 Å². The van der Waals surface area contributed by atoms with Crippen LogP contribution in [0.15, 0.2) is 152 Å². The summed E-state index contributed by atoms with van der Waals surface area (Å²) in [4.78, 5) is 0. The molecule has 9 rings (SSSR count). The minimum atomic E-state index is 0.547. The van der Waals surface area contributed by atoms with E-state index in [0.717, 1.165) is 77.2 Å². The second kappa shape index (κ2) is 11.4. The Balaban J connectivity index is 1.20. The van der Waals surface area contributed by atoms with Crippen molar-refractivity contribution in [2.45, 2.75) is 0 Å². The summed E-state index contributed by atoms with van der Waals surface area (Å²) in [6.07, 6.45) is 0. The number of para-hydroxylation sites is 3. The molecule has 0 saturated heterocycles. The highest BCUT2D eigenvalue weighted by molar-refractivity contribution is 6.13. The van der Waals surface area contributed by atoms with E-state index in [1.807, 2.05) is 91.0 Å². The molecule has 0 N–H and O–H groups in total. The topological polar surface area (TPSA) is 81.2 Å². The molecule has 50 heavy (non-hydrogen) atoms. The van der Waals surface area contributed by atoms with Crippen molar-refractivity contribution in [1.82, 2.24) is 9.13 Å². The summed E-state index contributed by atoms with van der Waals surface area (Å²) >= 11 is 0. The highest BCUT2D eigenvalue weighted by Gasteiger charge is 2.19. The molecule has 9 aromatic rings. The lowest BCUT2D eigenvalue weighted by Gasteiger charge is -2.15. The van der Waals surface area contributed by atoms with Gasteiger partial charge in [0.15, 0.2) is 0 Å². The standard InChI is InChI=1S/C45H25N5/c46-26-29-19-21-43-38(23-29)45-33(27-47)11-8-18-44(45)50(43)40-15-4-1-12-35(40)32-10-7-9-30(24-32)31-20-22-39(34(25-31)28-48)49-41-16-5-2-13-36(41)37-14-3-6-17-42(37)49/h1-25H. The third kappa shape index (κ3) is 4.31. The molecule has 0 amide bonds. The van der Waals surface area contributed by atoms with Gasteiger partial charge in [0.2, 0.25) is 0 Å². The molecule has 2 aromatic heterocycles. The molecule has 7 aromatic carbocycles. The van der Waals surface area contributed by atoms with Crippen LogP contribution in [-0.2, 0) is 0 Å². The minimum Gasteiger partial charge on any atom is -0.309 e. The van der Waals surface area contributed by atoms with E-state index < -0.39 is 0 Å². The van der Waals surface area contributed by atoms with Crippen LogP contribution in [0.4, 0.5) is 0 Å². The summed E-state index contributed by atoms with van der Waals surface area (Å²) in [5.41, 5.74) is 11.4. The molecule has 0 saturated carbocycles. The van der Waals surface area contributed by atoms with Crippen molar-refractivity contribution < 1.29 is 0 Å². The molecular formula is C45H25N5. The second-order valence-corrected chi connectivity index (χ2v) is 12.3. The number of nitriles is 3. The average molecular weight is 636 g/mol. The van der Waals surface area contributed by atoms with Crippen LogP contribution >= 0.6 is 0 Å². The van der Waals surface area contributed by atoms with Gasteiger partial charge in [-0.15, -0.1) is 0 Å². The summed E-state index contributed by atoms with van der Waals surface area (Å²) in [6.45, 7) is 0. The highest BCUT2D eigenvalue weighted by Crippen LogP contribution is 2.39. The molecule has 0 atom stereocenters. The number of benzene rings is 7. The van der Waals surface area contributed by atoms with Crippen molar-refractivity contribution in [1.29, 1.82) is 15.8 Å². The van der Waals surface area contributed by atoms with Gasteiger partial charge in [-0.1, -0.05) is 84.9 Å². The molecule has 0 fully saturated rings. The van der Waals surface area contributed by atoms with Crippen molar-refractivity contribution in [3.8, 4) is 51.8 Å². The van der Waals surface area contributed by atoms with Crippen LogP contribution in [0.3, 0.4) is 0 Å². The van der Waals surface area contributed by atoms with Gasteiger partial charge in [0, 0.05) is 27.1 Å². The zero-order valence-corrected chi connectivity index (χ0v) is 26.7. The van der Waals surface area contributed by atoms with Gasteiger partial charge in [0.25, 0.3) is 0 Å². The van der Waals surface area contributed by atoms with Crippen LogP contribution in [0.5, 0.6) is 0 Å². The molecular weight excluding hydrogens is 611 g/mol. The zero-order valence-electron chi connectivity index (χ0n) is 26.7. The summed E-state index contributed by atoms with van der Waals surface area (Å²) < 4.78 is 4.37. The van der Waals surface area contributed by atoms with Crippen LogP contribution in [0.25, 0.3) is 77.2 Å². The van der Waals surface area contributed by atoms with E-state index in [2.05, 4.69) is 88.0 Å². The zero-order chi connectivity index (χ0) is 33.8. The monoisotopic (exact) mass is 635 g/mol. The van der Waals surface area contributed by atoms with E-state index in [-0.39, 0.29) is 0 Å². The molecule has 0 spiro atoms. The molecule has 0 bridgehead atoms. The van der Waals surface area contributed by atoms with Gasteiger partial charge in [-0.3, -0.25) is 0 Å². The maximum atomic E-state index is 10.4. The van der Waals surface area contributed by atoms with E-state index in [1.165, 1.54) is 0 Å². The minimum absolute atomic E-state index is 0.547. The van der Waals surface area contributed by atoms with Gasteiger partial charge in [-0.05, 0) is 83.4 Å². The van der Waals surface area contributed by atoms with Crippen molar-refractivity contribution in [3.05, 3.63) is 168 Å². The van der Waals surface area contributed by atoms with Crippen LogP contribution in [-0.4, -0.2) is 9.13 Å². The van der Waals surface area contributed by atoms with E-state index >= 15 is 0 Å². The largest absolute Gasteiger partial charge is 0.309 e. The Labute approximate surface area is 287 Å². The smallest absolute Gasteiger partial charge is 0.101 e. The van der Waals surface area contributed by atoms with Gasteiger partial charge in [0.05, 0.1) is 62.3 Å². The van der Waals surface area contributed by atoms with Crippen molar-refractivity contribution >= 4 is 43.6 Å². The Morgan fingerprint density at radius 2 is 1.00 bits per heavy atom. The Morgan fingerprint density at radius 1 is 0.380 bits per heavy atom. The van der Waals surface area contributed by atoms with Crippen molar-refractivity contribution in [2.75, 3.05) is 0 Å². The molecule has 230 valence electrons. The average Bonchev–Trinajstić information content (AvgIpc) is 3.70. The van der Waals surface area contributed by atoms with Crippen molar-refractivity contribution in [2.24, 2.45) is 0 Å². The Morgan fingerprint density at radius 3 is 1.76 bits per heavy atom. The number of hydrogen-bond donors (Lipinski definition) is 0. The fourth-order valence-electron chi connectivity index (χ4n) is 7.45. The lowest BCUT2D eigenvalue weighted by atomic mass is 9.96. The van der Waals surface area contributed by atoms with E-state index in [0.29, 0.717) is 16.7 Å². The van der Waals surface area contributed by atoms with Gasteiger partial charge in [-0.25, -0.2) is 0 Å². The Kier molecular flexibility index (Phi) is 6.56. The first-order valence-corrected chi connectivity index (χ1v) is 16.3. The summed E-state index contributed by atoms with van der Waals surface area (Å²) in [7, 11) is 0. The van der Waals surface area contributed by atoms with Crippen LogP contribution in [0.1, 0.15) is 16.7 Å². The van der Waals surface area contributed by atoms with Crippen LogP contribution in [0, 0.1) is 34.0 Å². The predicted octanol–water partition coefficient (Wildman–Crippen LogP) is 10.8. The van der Waals surface area contributed by atoms with Gasteiger partial charge in [0.1, 0.15) is 6.07 Å². The predicted molar refractivity (Wildman–Crippen MR) is 200 cm³/mol. The van der Waals surface area contributed by atoms with E-state index in [9.17, 15) is 15.8 Å². The van der Waals surface area contributed by atoms with Crippen LogP contribution in [0.2, 0.25) is 0 Å². The second-order valence-electron chi connectivity index (χ2n) is 12.3. The maximum absolute atomic E-state index is 10.4. The molecule has 5 heteroatoms. The lowest BCUT2D eigenvalue weighted by molar-refractivity contribution is 1.17. The number of fused-ring (bicyclic) bond motifs is 6. The summed E-state index contributed by atoms with van der Waals surface area (Å²) in [5.74, 6) is 0. The lowest BCUT2D eigenvalue weighted by Crippen LogP contribution is -1.98. The first-order valence-electron chi connectivity index (χ1n) is 16.3. The van der Waals surface area contributed by atoms with Gasteiger partial charge < -0.3 is 9.13 Å². The van der Waals surface area contributed by atoms with E-state index in [4.69, 9.17) is 0 Å². The Hall–Kier alpha value is -7.39. The first-order chi connectivity index (χ1) is 24.7. The fourth-order valence-corrected chi connectivity index (χ4v) is 7.45. The van der Waals surface area contributed by atoms with Gasteiger partial charge >= 0.3 is 0 Å². The fraction of sp³-hybridized carbons (Fsp3) is 0. The molecule has 0 radical (unpaired) electrons. The third-order valence-electron chi connectivity index (χ3n) is 9.63. The first kappa shape index (κ1) is 28.8. The third-order valence-corrected chi connectivity index (χ3v) is 9.63. The number of aromatic nitrogens is 2. The molecule has 0 aliphatic rings.